The Bertz CT molecular complexity index is 811. The van der Waals surface area contributed by atoms with Crippen molar-refractivity contribution in [3.63, 3.8) is 0 Å². The lowest BCUT2D eigenvalue weighted by atomic mass is 10.1. The van der Waals surface area contributed by atoms with Crippen molar-refractivity contribution in [2.45, 2.75) is 20.0 Å². The highest BCUT2D eigenvalue weighted by Gasteiger charge is 2.17. The van der Waals surface area contributed by atoms with E-state index >= 15 is 0 Å². The van der Waals surface area contributed by atoms with Crippen LogP contribution in [-0.2, 0) is 0 Å². The van der Waals surface area contributed by atoms with Gasteiger partial charge in [0.1, 0.15) is 0 Å². The molecular weight excluding hydrogens is 322 g/mol. The molecule has 6 heteroatoms. The number of ketones is 1. The number of hydrogen-bond donors (Lipinski definition) is 0. The smallest absolute Gasteiger partial charge is 0.280 e. The van der Waals surface area contributed by atoms with E-state index in [9.17, 15) is 14.9 Å². The summed E-state index contributed by atoms with van der Waals surface area (Å²) < 4.78 is 11.1. The Morgan fingerprint density at radius 1 is 1.16 bits per heavy atom. The van der Waals surface area contributed by atoms with Gasteiger partial charge in [-0.1, -0.05) is 24.3 Å². The minimum Gasteiger partial charge on any atom is -0.493 e. The van der Waals surface area contributed by atoms with Crippen molar-refractivity contribution < 1.29 is 19.2 Å². The summed E-state index contributed by atoms with van der Waals surface area (Å²) in [5, 5.41) is 11.1. The minimum absolute atomic E-state index is 0.0398. The molecule has 0 saturated carbocycles. The first-order valence-corrected chi connectivity index (χ1v) is 7.73. The van der Waals surface area contributed by atoms with Crippen LogP contribution in [0, 0.1) is 10.1 Å². The molecule has 0 atom stereocenters. The van der Waals surface area contributed by atoms with Crippen molar-refractivity contribution in [2.24, 2.45) is 0 Å². The van der Waals surface area contributed by atoms with E-state index in [1.807, 2.05) is 13.8 Å². The Morgan fingerprint density at radius 2 is 1.88 bits per heavy atom. The van der Waals surface area contributed by atoms with Crippen LogP contribution in [0.15, 0.2) is 48.5 Å². The van der Waals surface area contributed by atoms with Gasteiger partial charge in [0, 0.05) is 11.6 Å². The summed E-state index contributed by atoms with van der Waals surface area (Å²) in [4.78, 5) is 22.9. The molecule has 0 heterocycles. The van der Waals surface area contributed by atoms with Gasteiger partial charge in [0.2, 0.25) is 0 Å². The number of methoxy groups -OCH3 is 1. The first kappa shape index (κ1) is 18.2. The van der Waals surface area contributed by atoms with Crippen LogP contribution < -0.4 is 9.47 Å². The predicted molar refractivity (Wildman–Crippen MR) is 95.2 cm³/mol. The molecule has 0 aliphatic rings. The third kappa shape index (κ3) is 4.44. The molecule has 0 fully saturated rings. The van der Waals surface area contributed by atoms with Crippen LogP contribution in [0.5, 0.6) is 11.5 Å². The van der Waals surface area contributed by atoms with Crippen molar-refractivity contribution in [3.8, 4) is 11.5 Å². The third-order valence-electron chi connectivity index (χ3n) is 3.36. The standard InChI is InChI=1S/C19H19NO5/c1-13(2)25-19-14(7-6-10-18(19)24-3)11-12-17(21)15-8-4-5-9-16(15)20(22)23/h4-13H,1-3H3/b12-11+. The Morgan fingerprint density at radius 3 is 2.52 bits per heavy atom. The molecule has 2 rings (SSSR count). The topological polar surface area (TPSA) is 78.7 Å². The fraction of sp³-hybridized carbons (Fsp3) is 0.211. The molecule has 0 saturated heterocycles. The lowest BCUT2D eigenvalue weighted by Gasteiger charge is -2.15. The largest absolute Gasteiger partial charge is 0.493 e. The number of allylic oxidation sites excluding steroid dienone is 1. The monoisotopic (exact) mass is 341 g/mol. The molecule has 0 spiro atoms. The van der Waals surface area contributed by atoms with Crippen molar-refractivity contribution >= 4 is 17.5 Å². The number of para-hydroxylation sites is 2. The van der Waals surface area contributed by atoms with Crippen LogP contribution >= 0.6 is 0 Å². The van der Waals surface area contributed by atoms with Gasteiger partial charge in [0.05, 0.1) is 23.7 Å². The van der Waals surface area contributed by atoms with E-state index in [4.69, 9.17) is 9.47 Å². The van der Waals surface area contributed by atoms with Crippen LogP contribution in [0.1, 0.15) is 29.8 Å². The van der Waals surface area contributed by atoms with Gasteiger partial charge in [-0.15, -0.1) is 0 Å². The number of hydrogen-bond acceptors (Lipinski definition) is 5. The molecule has 0 aliphatic carbocycles. The maximum absolute atomic E-state index is 12.4. The van der Waals surface area contributed by atoms with Gasteiger partial charge in [0.15, 0.2) is 17.3 Å². The Hall–Kier alpha value is -3.15. The van der Waals surface area contributed by atoms with Crippen LogP contribution in [-0.4, -0.2) is 23.9 Å². The molecule has 0 unspecified atom stereocenters. The average molecular weight is 341 g/mol. The molecule has 0 aliphatic heterocycles. The summed E-state index contributed by atoms with van der Waals surface area (Å²) >= 11 is 0. The summed E-state index contributed by atoms with van der Waals surface area (Å²) in [5.41, 5.74) is 0.472. The van der Waals surface area contributed by atoms with E-state index in [1.165, 1.54) is 31.4 Å². The minimum atomic E-state index is -0.570. The molecule has 130 valence electrons. The van der Waals surface area contributed by atoms with Gasteiger partial charge in [-0.3, -0.25) is 14.9 Å². The van der Waals surface area contributed by atoms with Gasteiger partial charge >= 0.3 is 0 Å². The quantitative estimate of drug-likeness (QED) is 0.325. The number of carbonyl (C=O) groups excluding carboxylic acids is 1. The fourth-order valence-corrected chi connectivity index (χ4v) is 2.28. The van der Waals surface area contributed by atoms with Crippen LogP contribution in [0.2, 0.25) is 0 Å². The summed E-state index contributed by atoms with van der Waals surface area (Å²) in [6.45, 7) is 3.77. The van der Waals surface area contributed by atoms with Crippen LogP contribution in [0.3, 0.4) is 0 Å². The number of carbonyl (C=O) groups is 1. The zero-order valence-electron chi connectivity index (χ0n) is 14.3. The second-order valence-electron chi connectivity index (χ2n) is 5.52. The molecule has 0 amide bonds. The van der Waals surface area contributed by atoms with Gasteiger partial charge in [-0.25, -0.2) is 0 Å². The van der Waals surface area contributed by atoms with E-state index in [-0.39, 0.29) is 17.4 Å². The maximum atomic E-state index is 12.4. The highest BCUT2D eigenvalue weighted by atomic mass is 16.6. The second-order valence-corrected chi connectivity index (χ2v) is 5.52. The van der Waals surface area contributed by atoms with Crippen molar-refractivity contribution in [1.82, 2.24) is 0 Å². The zero-order valence-corrected chi connectivity index (χ0v) is 14.3. The molecular formula is C19H19NO5. The Kier molecular flexibility index (Phi) is 5.89. The Balaban J connectivity index is 2.36. The lowest BCUT2D eigenvalue weighted by Crippen LogP contribution is -2.08. The highest BCUT2D eigenvalue weighted by molar-refractivity contribution is 6.09. The predicted octanol–water partition coefficient (Wildman–Crippen LogP) is 4.29. The summed E-state index contributed by atoms with van der Waals surface area (Å²) in [6, 6.07) is 11.2. The number of nitrogens with zero attached hydrogens (tertiary/aromatic N) is 1. The summed E-state index contributed by atoms with van der Waals surface area (Å²) in [6.07, 6.45) is 2.79. The maximum Gasteiger partial charge on any atom is 0.280 e. The van der Waals surface area contributed by atoms with E-state index in [2.05, 4.69) is 0 Å². The summed E-state index contributed by atoms with van der Waals surface area (Å²) in [5.74, 6) is 0.617. The van der Waals surface area contributed by atoms with Crippen molar-refractivity contribution in [1.29, 1.82) is 0 Å². The molecule has 0 aromatic heterocycles. The van der Waals surface area contributed by atoms with Crippen LogP contribution in [0.4, 0.5) is 5.69 Å². The Labute approximate surface area is 145 Å². The van der Waals surface area contributed by atoms with Gasteiger partial charge in [-0.2, -0.15) is 0 Å². The zero-order chi connectivity index (χ0) is 18.4. The van der Waals surface area contributed by atoms with Gasteiger partial charge < -0.3 is 9.47 Å². The average Bonchev–Trinajstić information content (AvgIpc) is 2.59. The van der Waals surface area contributed by atoms with Crippen molar-refractivity contribution in [2.75, 3.05) is 7.11 Å². The molecule has 0 N–H and O–H groups in total. The molecule has 25 heavy (non-hydrogen) atoms. The van der Waals surface area contributed by atoms with E-state index in [0.29, 0.717) is 17.1 Å². The summed E-state index contributed by atoms with van der Waals surface area (Å²) in [7, 11) is 1.54. The molecule has 2 aromatic rings. The molecule has 0 bridgehead atoms. The van der Waals surface area contributed by atoms with Gasteiger partial charge in [-0.05, 0) is 38.1 Å². The first-order valence-electron chi connectivity index (χ1n) is 7.73. The number of nitro benzene ring substituents is 1. The molecule has 0 radical (unpaired) electrons. The van der Waals surface area contributed by atoms with Crippen LogP contribution in [0.25, 0.3) is 6.08 Å². The number of rotatable bonds is 7. The number of nitro groups is 1. The SMILES string of the molecule is COc1cccc(/C=C/C(=O)c2ccccc2[N+](=O)[O-])c1OC(C)C. The van der Waals surface area contributed by atoms with E-state index < -0.39 is 10.7 Å². The van der Waals surface area contributed by atoms with Gasteiger partial charge in [0.25, 0.3) is 5.69 Å². The van der Waals surface area contributed by atoms with Crippen molar-refractivity contribution in [3.05, 3.63) is 69.8 Å². The lowest BCUT2D eigenvalue weighted by molar-refractivity contribution is -0.385. The normalized spacial score (nSPS) is 10.9. The highest BCUT2D eigenvalue weighted by Crippen LogP contribution is 2.33. The molecule has 2 aromatic carbocycles. The number of ether oxygens (including phenoxy) is 2. The fourth-order valence-electron chi connectivity index (χ4n) is 2.28. The van der Waals surface area contributed by atoms with E-state index in [0.717, 1.165) is 0 Å². The number of benzene rings is 2. The second kappa shape index (κ2) is 8.10. The first-order chi connectivity index (χ1) is 11.9. The third-order valence-corrected chi connectivity index (χ3v) is 3.36. The molecule has 6 nitrogen and oxygen atoms in total. The van der Waals surface area contributed by atoms with E-state index in [1.54, 1.807) is 30.3 Å².